The number of hydrogen-bond donors (Lipinski definition) is 0. The van der Waals surface area contributed by atoms with Crippen LogP contribution in [0.5, 0.6) is 0 Å². The normalized spacial score (nSPS) is 12.8. The Morgan fingerprint density at radius 2 is 1.65 bits per heavy atom. The third-order valence-corrected chi connectivity index (χ3v) is 5.78. The van der Waals surface area contributed by atoms with Crippen molar-refractivity contribution in [2.24, 2.45) is 0 Å². The molecule has 0 aromatic carbocycles. The zero-order valence-corrected chi connectivity index (χ0v) is 15.7. The molecule has 0 unspecified atom stereocenters. The van der Waals surface area contributed by atoms with E-state index in [4.69, 9.17) is 4.43 Å². The molecule has 0 fully saturated rings. The van der Waals surface area contributed by atoms with Crippen molar-refractivity contribution in [3.63, 3.8) is 0 Å². The van der Waals surface area contributed by atoms with Crippen LogP contribution in [0.4, 0.5) is 13.2 Å². The van der Waals surface area contributed by atoms with Gasteiger partial charge in [0.25, 0.3) is 5.97 Å². The van der Waals surface area contributed by atoms with Gasteiger partial charge in [0.1, 0.15) is 0 Å². The first-order valence-corrected chi connectivity index (χ1v) is 11.7. The average Bonchev–Trinajstić information content (AvgIpc) is 2.42. The molecule has 0 bridgehead atoms. The van der Waals surface area contributed by atoms with E-state index in [0.29, 0.717) is 6.42 Å². The SMILES string of the molecule is CCCCCC/C=C\CCCC(=O)O[Si](C)(C)CCC(F)(F)F. The maximum Gasteiger partial charge on any atom is 0.388 e. The van der Waals surface area contributed by atoms with E-state index in [1.165, 1.54) is 25.7 Å². The zero-order chi connectivity index (χ0) is 17.8. The molecule has 23 heavy (non-hydrogen) atoms. The first kappa shape index (κ1) is 22.2. The highest BCUT2D eigenvalue weighted by molar-refractivity contribution is 6.72. The number of unbranched alkanes of at least 4 members (excludes halogenated alkanes) is 5. The smallest absolute Gasteiger partial charge is 0.388 e. The van der Waals surface area contributed by atoms with Crippen molar-refractivity contribution in [2.75, 3.05) is 0 Å². The molecule has 0 saturated heterocycles. The van der Waals surface area contributed by atoms with Crippen molar-refractivity contribution >= 4 is 14.3 Å². The van der Waals surface area contributed by atoms with E-state index in [1.807, 2.05) is 0 Å². The summed E-state index contributed by atoms with van der Waals surface area (Å²) in [6, 6.07) is -0.0695. The first-order chi connectivity index (χ1) is 10.7. The Morgan fingerprint density at radius 3 is 2.22 bits per heavy atom. The topological polar surface area (TPSA) is 26.3 Å². The summed E-state index contributed by atoms with van der Waals surface area (Å²) in [5.74, 6) is -0.361. The number of alkyl halides is 3. The van der Waals surface area contributed by atoms with E-state index in [2.05, 4.69) is 19.1 Å². The lowest BCUT2D eigenvalue weighted by molar-refractivity contribution is -0.137. The highest BCUT2D eigenvalue weighted by Crippen LogP contribution is 2.26. The zero-order valence-electron chi connectivity index (χ0n) is 14.7. The van der Waals surface area contributed by atoms with E-state index < -0.39 is 20.9 Å². The average molecular weight is 353 g/mol. The molecule has 0 spiro atoms. The predicted octanol–water partition coefficient (Wildman–Crippen LogP) is 6.38. The maximum atomic E-state index is 12.2. The van der Waals surface area contributed by atoms with Crippen LogP contribution in [0.3, 0.4) is 0 Å². The molecular formula is C17H31F3O2Si. The molecule has 0 aromatic rings. The summed E-state index contributed by atoms with van der Waals surface area (Å²) >= 11 is 0. The minimum atomic E-state index is -4.18. The number of carbonyl (C=O) groups is 1. The number of rotatable bonds is 12. The second-order valence-electron chi connectivity index (χ2n) is 6.56. The van der Waals surface area contributed by atoms with Crippen LogP contribution in [0.1, 0.15) is 64.7 Å². The Balaban J connectivity index is 3.75. The number of hydrogen-bond acceptors (Lipinski definition) is 2. The van der Waals surface area contributed by atoms with Gasteiger partial charge in [-0.25, -0.2) is 0 Å². The van der Waals surface area contributed by atoms with E-state index in [0.717, 1.165) is 12.8 Å². The molecule has 6 heteroatoms. The van der Waals surface area contributed by atoms with Gasteiger partial charge in [-0.3, -0.25) is 4.79 Å². The molecule has 0 atom stereocenters. The van der Waals surface area contributed by atoms with E-state index in [-0.39, 0.29) is 18.4 Å². The van der Waals surface area contributed by atoms with Crippen LogP contribution in [0.2, 0.25) is 19.1 Å². The Labute approximate surface area is 139 Å². The van der Waals surface area contributed by atoms with Crippen LogP contribution >= 0.6 is 0 Å². The fourth-order valence-corrected chi connectivity index (χ4v) is 3.85. The summed E-state index contributed by atoms with van der Waals surface area (Å²) in [4.78, 5) is 11.7. The highest BCUT2D eigenvalue weighted by atomic mass is 28.4. The van der Waals surface area contributed by atoms with Gasteiger partial charge in [0.15, 0.2) is 0 Å². The van der Waals surface area contributed by atoms with Crippen molar-refractivity contribution in [2.45, 2.75) is 90.0 Å². The molecule has 2 nitrogen and oxygen atoms in total. The highest BCUT2D eigenvalue weighted by Gasteiger charge is 2.34. The van der Waals surface area contributed by atoms with Gasteiger partial charge < -0.3 is 4.43 Å². The molecule has 0 rings (SSSR count). The van der Waals surface area contributed by atoms with Crippen molar-refractivity contribution in [1.82, 2.24) is 0 Å². The van der Waals surface area contributed by atoms with Gasteiger partial charge in [0.2, 0.25) is 8.32 Å². The fourth-order valence-electron chi connectivity index (χ4n) is 2.14. The molecule has 0 radical (unpaired) electrons. The van der Waals surface area contributed by atoms with Crippen LogP contribution < -0.4 is 0 Å². The van der Waals surface area contributed by atoms with Crippen LogP contribution in [-0.2, 0) is 9.22 Å². The summed E-state index contributed by atoms with van der Waals surface area (Å²) < 4.78 is 41.9. The van der Waals surface area contributed by atoms with Gasteiger partial charge >= 0.3 is 6.18 Å². The van der Waals surface area contributed by atoms with Crippen molar-refractivity contribution < 1.29 is 22.4 Å². The molecule has 0 N–H and O–H groups in total. The van der Waals surface area contributed by atoms with Crippen LogP contribution in [0.25, 0.3) is 0 Å². The van der Waals surface area contributed by atoms with Crippen LogP contribution in [0.15, 0.2) is 12.2 Å². The molecule has 0 aliphatic rings. The van der Waals surface area contributed by atoms with Crippen LogP contribution in [0, 0.1) is 0 Å². The lowest BCUT2D eigenvalue weighted by atomic mass is 10.1. The largest absolute Gasteiger partial charge is 0.520 e. The van der Waals surface area contributed by atoms with Gasteiger partial charge in [0, 0.05) is 12.8 Å². The number of allylic oxidation sites excluding steroid dienone is 2. The summed E-state index contributed by atoms with van der Waals surface area (Å²) in [7, 11) is -2.56. The lowest BCUT2D eigenvalue weighted by Crippen LogP contribution is -2.34. The quantitative estimate of drug-likeness (QED) is 0.231. The molecule has 136 valence electrons. The van der Waals surface area contributed by atoms with E-state index in [1.54, 1.807) is 13.1 Å². The summed E-state index contributed by atoms with van der Waals surface area (Å²) in [5, 5.41) is 0. The number of halogens is 3. The third-order valence-electron chi connectivity index (χ3n) is 3.54. The fraction of sp³-hybridized carbons (Fsp3) is 0.824. The monoisotopic (exact) mass is 352 g/mol. The third kappa shape index (κ3) is 15.9. The summed E-state index contributed by atoms with van der Waals surface area (Å²) in [6.07, 6.45) is 6.97. The van der Waals surface area contributed by atoms with Crippen molar-refractivity contribution in [1.29, 1.82) is 0 Å². The van der Waals surface area contributed by atoms with Crippen molar-refractivity contribution in [3.05, 3.63) is 12.2 Å². The van der Waals surface area contributed by atoms with Gasteiger partial charge in [-0.1, -0.05) is 38.3 Å². The van der Waals surface area contributed by atoms with Crippen molar-refractivity contribution in [3.8, 4) is 0 Å². The Bertz CT molecular complexity index is 352. The minimum Gasteiger partial charge on any atom is -0.520 e. The molecule has 0 aromatic heterocycles. The minimum absolute atomic E-state index is 0.0695. The first-order valence-electron chi connectivity index (χ1n) is 8.60. The second kappa shape index (κ2) is 11.7. The van der Waals surface area contributed by atoms with Gasteiger partial charge in [-0.2, -0.15) is 13.2 Å². The van der Waals surface area contributed by atoms with Gasteiger partial charge in [-0.15, -0.1) is 0 Å². The van der Waals surface area contributed by atoms with Crippen LogP contribution in [-0.4, -0.2) is 20.5 Å². The molecule has 0 amide bonds. The molecule has 0 aliphatic heterocycles. The molecular weight excluding hydrogens is 321 g/mol. The second-order valence-corrected chi connectivity index (χ2v) is 10.8. The van der Waals surface area contributed by atoms with E-state index in [9.17, 15) is 18.0 Å². The number of carbonyl (C=O) groups excluding carboxylic acids is 1. The van der Waals surface area contributed by atoms with Gasteiger partial charge in [-0.05, 0) is 44.8 Å². The van der Waals surface area contributed by atoms with E-state index >= 15 is 0 Å². The Morgan fingerprint density at radius 1 is 1.04 bits per heavy atom. The molecule has 0 aliphatic carbocycles. The lowest BCUT2D eigenvalue weighted by Gasteiger charge is -2.23. The molecule has 0 heterocycles. The predicted molar refractivity (Wildman–Crippen MR) is 90.8 cm³/mol. The standard InChI is InChI=1S/C17H31F3O2Si/c1-4-5-6-7-8-9-10-11-12-13-16(21)22-23(2,3)15-14-17(18,19)20/h9-10H,4-8,11-15H2,1-3H3/b10-9-. The molecule has 0 saturated carbocycles. The Kier molecular flexibility index (Phi) is 11.3. The summed E-state index contributed by atoms with van der Waals surface area (Å²) in [6.45, 7) is 5.50. The Hall–Kier alpha value is -0.783. The maximum absolute atomic E-state index is 12.2. The van der Waals surface area contributed by atoms with Gasteiger partial charge in [0.05, 0.1) is 0 Å². The summed E-state index contributed by atoms with van der Waals surface area (Å²) in [5.41, 5.74) is 0.